The summed E-state index contributed by atoms with van der Waals surface area (Å²) in [6.07, 6.45) is 0. The second-order valence-corrected chi connectivity index (χ2v) is 11.4. The summed E-state index contributed by atoms with van der Waals surface area (Å²) in [5.74, 6) is -0.0895. The number of anilines is 4. The number of halogens is 1. The third-order valence-corrected chi connectivity index (χ3v) is 7.48. The number of furan rings is 1. The molecule has 4 aromatic rings. The van der Waals surface area contributed by atoms with E-state index in [1.165, 1.54) is 24.1 Å². The summed E-state index contributed by atoms with van der Waals surface area (Å²) in [4.78, 5) is 52.5. The Labute approximate surface area is 240 Å². The number of methoxy groups -OCH3 is 1. The van der Waals surface area contributed by atoms with Crippen molar-refractivity contribution in [1.82, 2.24) is 0 Å². The number of aryl methyl sites for hydroxylation is 1. The number of rotatable bonds is 8. The largest absolute Gasteiger partial charge is 0.497 e. The predicted octanol–water partition coefficient (Wildman–Crippen LogP) is 5.65. The number of aromatic carboxylic acids is 1. The summed E-state index contributed by atoms with van der Waals surface area (Å²) in [7, 11) is 1.42. The van der Waals surface area contributed by atoms with E-state index in [9.17, 15) is 24.3 Å². The fraction of sp³-hybridized carbons (Fsp3) is 0.267. The number of carbonyl (C=O) groups is 2. The smallest absolute Gasteiger partial charge is 0.337 e. The maximum Gasteiger partial charge on any atom is 0.337 e. The van der Waals surface area contributed by atoms with Crippen molar-refractivity contribution in [2.75, 3.05) is 22.6 Å². The first kappa shape index (κ1) is 28.0. The summed E-state index contributed by atoms with van der Waals surface area (Å²) in [5.41, 5.74) is -0.766. The molecular formula is C30H28ClN3O7. The average Bonchev–Trinajstić information content (AvgIpc) is 3.51. The van der Waals surface area contributed by atoms with Gasteiger partial charge in [0.2, 0.25) is 0 Å². The highest BCUT2D eigenvalue weighted by molar-refractivity contribution is 6.33. The molecule has 0 spiro atoms. The number of nitrogens with one attached hydrogen (secondary N) is 2. The van der Waals surface area contributed by atoms with E-state index in [1.54, 1.807) is 18.2 Å². The van der Waals surface area contributed by atoms with Crippen molar-refractivity contribution in [1.29, 1.82) is 0 Å². The van der Waals surface area contributed by atoms with Gasteiger partial charge in [-0.1, -0.05) is 32.4 Å². The third-order valence-electron chi connectivity index (χ3n) is 7.13. The molecule has 10 nitrogen and oxygen atoms in total. The van der Waals surface area contributed by atoms with E-state index in [4.69, 9.17) is 20.8 Å². The molecule has 0 bridgehead atoms. The van der Waals surface area contributed by atoms with Crippen LogP contribution in [-0.4, -0.2) is 24.1 Å². The van der Waals surface area contributed by atoms with Crippen LogP contribution in [0.4, 0.5) is 22.7 Å². The van der Waals surface area contributed by atoms with E-state index >= 15 is 0 Å². The van der Waals surface area contributed by atoms with Crippen LogP contribution in [0.1, 0.15) is 64.6 Å². The minimum atomic E-state index is -1.23. The van der Waals surface area contributed by atoms with E-state index in [1.807, 2.05) is 39.8 Å². The standard InChI is InChI=1S/C30H28ClN3O7/c1-14-6-11-21(41-14)27(30(2,3)4)33-24-23(25(35)26(24)36)32-19-9-8-18(31)17-13-34(28(37)22(17)19)20-10-7-15(40-5)12-16(20)29(38)39/h6-12,27,32-33H,13H2,1-5H3,(H,38,39)/t27-/m0/s1. The molecule has 1 aliphatic heterocycles. The van der Waals surface area contributed by atoms with Crippen LogP contribution >= 0.6 is 11.6 Å². The Kier molecular flexibility index (Phi) is 6.90. The van der Waals surface area contributed by atoms with Gasteiger partial charge in [0.15, 0.2) is 0 Å². The van der Waals surface area contributed by atoms with Gasteiger partial charge in [0.05, 0.1) is 42.2 Å². The Hall–Kier alpha value is -4.57. The molecule has 0 unspecified atom stereocenters. The number of carboxylic acids is 1. The van der Waals surface area contributed by atoms with E-state index in [2.05, 4.69) is 10.6 Å². The van der Waals surface area contributed by atoms with Crippen LogP contribution in [0.25, 0.3) is 0 Å². The molecule has 1 aliphatic rings. The maximum atomic E-state index is 13.7. The topological polar surface area (TPSA) is 138 Å². The Bertz CT molecular complexity index is 1780. The SMILES string of the molecule is COc1ccc(N2Cc3c(Cl)ccc(Nc4c(N[C@@H](c5ccc(C)o5)C(C)(C)C)c(=O)c4=O)c3C2=O)c(C(=O)O)c1. The lowest BCUT2D eigenvalue weighted by molar-refractivity contribution is 0.0697. The van der Waals surface area contributed by atoms with Gasteiger partial charge in [0.25, 0.3) is 16.8 Å². The molecule has 3 N–H and O–H groups in total. The quantitative estimate of drug-likeness (QED) is 0.227. The van der Waals surface area contributed by atoms with Crippen molar-refractivity contribution in [2.24, 2.45) is 5.41 Å². The summed E-state index contributed by atoms with van der Waals surface area (Å²) in [5, 5.41) is 16.3. The van der Waals surface area contributed by atoms with Gasteiger partial charge in [-0.15, -0.1) is 0 Å². The summed E-state index contributed by atoms with van der Waals surface area (Å²) in [6, 6.07) is 10.7. The first-order valence-corrected chi connectivity index (χ1v) is 13.2. The lowest BCUT2D eigenvalue weighted by Crippen LogP contribution is -2.39. The zero-order valence-corrected chi connectivity index (χ0v) is 23.8. The fourth-order valence-electron chi connectivity index (χ4n) is 4.98. The van der Waals surface area contributed by atoms with E-state index in [0.29, 0.717) is 27.9 Å². The molecule has 11 heteroatoms. The predicted molar refractivity (Wildman–Crippen MR) is 156 cm³/mol. The van der Waals surface area contributed by atoms with Crippen LogP contribution < -0.4 is 31.1 Å². The lowest BCUT2D eigenvalue weighted by atomic mass is 9.85. The van der Waals surface area contributed by atoms with Crippen LogP contribution in [0.3, 0.4) is 0 Å². The highest BCUT2D eigenvalue weighted by Gasteiger charge is 2.37. The van der Waals surface area contributed by atoms with Gasteiger partial charge < -0.3 is 29.8 Å². The maximum absolute atomic E-state index is 13.7. The number of hydrogen-bond donors (Lipinski definition) is 3. The normalized spacial score (nSPS) is 13.8. The summed E-state index contributed by atoms with van der Waals surface area (Å²) < 4.78 is 11.0. The van der Waals surface area contributed by atoms with Crippen LogP contribution in [0, 0.1) is 12.3 Å². The second kappa shape index (κ2) is 10.1. The molecule has 1 atom stereocenters. The second-order valence-electron chi connectivity index (χ2n) is 11.0. The number of nitrogens with zero attached hydrogens (tertiary/aromatic N) is 1. The molecule has 1 amide bonds. The number of hydrogen-bond acceptors (Lipinski definition) is 8. The number of carboxylic acid groups (broad SMARTS) is 1. The molecule has 0 radical (unpaired) electrons. The van der Waals surface area contributed by atoms with Gasteiger partial charge in [-0.05, 0) is 54.8 Å². The molecule has 5 rings (SSSR count). The number of carbonyl (C=O) groups excluding carboxylic acids is 1. The fourth-order valence-corrected chi connectivity index (χ4v) is 5.20. The zero-order valence-electron chi connectivity index (χ0n) is 23.0. The van der Waals surface area contributed by atoms with E-state index in [-0.39, 0.29) is 45.8 Å². The summed E-state index contributed by atoms with van der Waals surface area (Å²) >= 11 is 6.46. The van der Waals surface area contributed by atoms with Crippen molar-refractivity contribution < 1.29 is 23.8 Å². The molecule has 41 heavy (non-hydrogen) atoms. The Morgan fingerprint density at radius 3 is 2.39 bits per heavy atom. The highest BCUT2D eigenvalue weighted by atomic mass is 35.5. The molecule has 212 valence electrons. The van der Waals surface area contributed by atoms with Gasteiger partial charge in [-0.2, -0.15) is 0 Å². The number of benzene rings is 2. The minimum Gasteiger partial charge on any atom is -0.497 e. The Balaban J connectivity index is 1.51. The van der Waals surface area contributed by atoms with Crippen molar-refractivity contribution in [3.05, 3.63) is 96.1 Å². The number of fused-ring (bicyclic) bond motifs is 1. The van der Waals surface area contributed by atoms with Crippen LogP contribution in [0.2, 0.25) is 5.02 Å². The van der Waals surface area contributed by atoms with Crippen molar-refractivity contribution >= 4 is 46.2 Å². The monoisotopic (exact) mass is 577 g/mol. The molecule has 0 saturated carbocycles. The molecular weight excluding hydrogens is 550 g/mol. The highest BCUT2D eigenvalue weighted by Crippen LogP contribution is 2.41. The number of amides is 1. The van der Waals surface area contributed by atoms with Gasteiger partial charge in [0, 0.05) is 10.6 Å². The summed E-state index contributed by atoms with van der Waals surface area (Å²) in [6.45, 7) is 7.76. The van der Waals surface area contributed by atoms with E-state index < -0.39 is 28.8 Å². The lowest BCUT2D eigenvalue weighted by Gasteiger charge is -2.31. The third kappa shape index (κ3) is 4.84. The molecule has 0 aliphatic carbocycles. The average molecular weight is 578 g/mol. The zero-order chi connectivity index (χ0) is 29.8. The molecule has 0 fully saturated rings. The van der Waals surface area contributed by atoms with E-state index in [0.717, 1.165) is 0 Å². The first-order valence-electron chi connectivity index (χ1n) is 12.8. The Morgan fingerprint density at radius 2 is 1.78 bits per heavy atom. The molecule has 1 aromatic heterocycles. The number of ether oxygens (including phenoxy) is 1. The minimum absolute atomic E-state index is 0.0100. The molecule has 0 saturated heterocycles. The molecule has 3 aromatic carbocycles. The van der Waals surface area contributed by atoms with Crippen molar-refractivity contribution in [3.63, 3.8) is 0 Å². The van der Waals surface area contributed by atoms with Crippen LogP contribution in [0.5, 0.6) is 5.75 Å². The van der Waals surface area contributed by atoms with Gasteiger partial charge in [-0.25, -0.2) is 4.79 Å². The first-order chi connectivity index (χ1) is 19.3. The van der Waals surface area contributed by atoms with Crippen molar-refractivity contribution in [3.8, 4) is 5.75 Å². The van der Waals surface area contributed by atoms with Crippen LogP contribution in [0.15, 0.2) is 56.5 Å². The van der Waals surface area contributed by atoms with Gasteiger partial charge >= 0.3 is 5.97 Å². The van der Waals surface area contributed by atoms with Gasteiger partial charge in [0.1, 0.15) is 28.6 Å². The Morgan fingerprint density at radius 1 is 1.07 bits per heavy atom. The van der Waals surface area contributed by atoms with Crippen molar-refractivity contribution in [2.45, 2.75) is 40.3 Å². The van der Waals surface area contributed by atoms with Gasteiger partial charge in [-0.3, -0.25) is 14.4 Å². The van der Waals surface area contributed by atoms with Crippen LogP contribution in [-0.2, 0) is 6.54 Å². The molecule has 2 heterocycles.